The third-order valence-corrected chi connectivity index (χ3v) is 8.96. The molecular formula is C21H24F3N3O6S2. The molecule has 2 aromatic carbocycles. The van der Waals surface area contributed by atoms with E-state index >= 15 is 0 Å². The van der Waals surface area contributed by atoms with Crippen LogP contribution in [0.15, 0.2) is 52.3 Å². The van der Waals surface area contributed by atoms with Crippen molar-refractivity contribution in [2.24, 2.45) is 0 Å². The molecule has 1 N–H and O–H groups in total. The van der Waals surface area contributed by atoms with Crippen LogP contribution in [-0.4, -0.2) is 73.7 Å². The smallest absolute Gasteiger partial charge is 0.379 e. The molecule has 2 aliphatic rings. The number of morpholine rings is 2. The van der Waals surface area contributed by atoms with Crippen LogP contribution in [0.5, 0.6) is 0 Å². The second-order valence-electron chi connectivity index (χ2n) is 7.92. The predicted molar refractivity (Wildman–Crippen MR) is 121 cm³/mol. The maximum Gasteiger partial charge on any atom is 0.416 e. The second-order valence-corrected chi connectivity index (χ2v) is 11.5. The Balaban J connectivity index is 1.63. The van der Waals surface area contributed by atoms with Gasteiger partial charge in [0, 0.05) is 26.2 Å². The van der Waals surface area contributed by atoms with Gasteiger partial charge in [-0.3, -0.25) is 4.72 Å². The van der Waals surface area contributed by atoms with Gasteiger partial charge in [-0.05, 0) is 42.5 Å². The minimum Gasteiger partial charge on any atom is -0.379 e. The third kappa shape index (κ3) is 5.72. The zero-order valence-corrected chi connectivity index (χ0v) is 20.1. The van der Waals surface area contributed by atoms with E-state index < -0.39 is 31.8 Å². The van der Waals surface area contributed by atoms with E-state index in [1.165, 1.54) is 10.4 Å². The quantitative estimate of drug-likeness (QED) is 0.606. The molecule has 0 aromatic heterocycles. The summed E-state index contributed by atoms with van der Waals surface area (Å²) in [6.07, 6.45) is -4.67. The van der Waals surface area contributed by atoms with Crippen molar-refractivity contribution in [3.05, 3.63) is 48.0 Å². The van der Waals surface area contributed by atoms with Gasteiger partial charge in [-0.1, -0.05) is 0 Å². The normalized spacial score (nSPS) is 18.4. The second kappa shape index (κ2) is 9.93. The summed E-state index contributed by atoms with van der Waals surface area (Å²) in [4.78, 5) is 1.36. The van der Waals surface area contributed by atoms with E-state index in [2.05, 4.69) is 4.72 Å². The van der Waals surface area contributed by atoms with Crippen LogP contribution in [0.2, 0.25) is 0 Å². The van der Waals surface area contributed by atoms with E-state index in [1.54, 1.807) is 4.90 Å². The summed E-state index contributed by atoms with van der Waals surface area (Å²) in [6, 6.07) is 7.41. The van der Waals surface area contributed by atoms with Gasteiger partial charge in [-0.25, -0.2) is 16.8 Å². The Morgan fingerprint density at radius 3 is 1.89 bits per heavy atom. The highest BCUT2D eigenvalue weighted by molar-refractivity contribution is 7.92. The van der Waals surface area contributed by atoms with E-state index in [0.717, 1.165) is 36.4 Å². The van der Waals surface area contributed by atoms with Crippen molar-refractivity contribution in [1.29, 1.82) is 0 Å². The molecule has 2 aliphatic heterocycles. The molecule has 0 atom stereocenters. The number of hydrogen-bond acceptors (Lipinski definition) is 7. The number of nitrogens with one attached hydrogen (secondary N) is 1. The molecule has 2 saturated heterocycles. The molecule has 192 valence electrons. The van der Waals surface area contributed by atoms with Crippen molar-refractivity contribution in [1.82, 2.24) is 4.31 Å². The molecule has 4 rings (SSSR count). The van der Waals surface area contributed by atoms with Crippen molar-refractivity contribution >= 4 is 31.4 Å². The highest BCUT2D eigenvalue weighted by atomic mass is 32.2. The molecule has 9 nitrogen and oxygen atoms in total. The van der Waals surface area contributed by atoms with Gasteiger partial charge in [-0.2, -0.15) is 17.5 Å². The highest BCUT2D eigenvalue weighted by Gasteiger charge is 2.33. The Morgan fingerprint density at radius 2 is 1.31 bits per heavy atom. The Bertz CT molecular complexity index is 1260. The average Bonchev–Trinajstić information content (AvgIpc) is 2.84. The van der Waals surface area contributed by atoms with Gasteiger partial charge in [0.1, 0.15) is 0 Å². The molecule has 14 heteroatoms. The van der Waals surface area contributed by atoms with E-state index in [9.17, 15) is 30.0 Å². The molecule has 35 heavy (non-hydrogen) atoms. The van der Waals surface area contributed by atoms with Gasteiger partial charge in [-0.15, -0.1) is 0 Å². The van der Waals surface area contributed by atoms with Crippen LogP contribution < -0.4 is 9.62 Å². The summed E-state index contributed by atoms with van der Waals surface area (Å²) in [6.45, 7) is 2.37. The number of rotatable bonds is 6. The zero-order chi connectivity index (χ0) is 25.3. The lowest BCUT2D eigenvalue weighted by Crippen LogP contribution is -2.40. The number of ether oxygens (including phenoxy) is 2. The molecule has 0 amide bonds. The molecule has 0 spiro atoms. The van der Waals surface area contributed by atoms with Gasteiger partial charge in [0.25, 0.3) is 10.0 Å². The van der Waals surface area contributed by atoms with Crippen molar-refractivity contribution < 1.29 is 39.5 Å². The fraction of sp³-hybridized carbons (Fsp3) is 0.429. The van der Waals surface area contributed by atoms with Crippen molar-refractivity contribution in [3.63, 3.8) is 0 Å². The molecule has 2 aromatic rings. The minimum atomic E-state index is -4.67. The zero-order valence-electron chi connectivity index (χ0n) is 18.5. The van der Waals surface area contributed by atoms with Gasteiger partial charge in [0.15, 0.2) is 0 Å². The molecule has 2 fully saturated rings. The van der Waals surface area contributed by atoms with Crippen LogP contribution in [0, 0.1) is 0 Å². The average molecular weight is 536 g/mol. The van der Waals surface area contributed by atoms with E-state index in [0.29, 0.717) is 26.3 Å². The predicted octanol–water partition coefficient (Wildman–Crippen LogP) is 2.36. The minimum absolute atomic E-state index is 0.0913. The van der Waals surface area contributed by atoms with Crippen molar-refractivity contribution in [2.75, 3.05) is 62.2 Å². The van der Waals surface area contributed by atoms with Crippen LogP contribution in [0.25, 0.3) is 0 Å². The lowest BCUT2D eigenvalue weighted by Gasteiger charge is -2.31. The lowest BCUT2D eigenvalue weighted by atomic mass is 10.1. The first-order valence-electron chi connectivity index (χ1n) is 10.7. The Kier molecular flexibility index (Phi) is 7.29. The molecule has 2 heterocycles. The summed E-state index contributed by atoms with van der Waals surface area (Å²) >= 11 is 0. The standard InChI is InChI=1S/C21H24F3N3O6S2/c22-21(23,24)16-1-6-20(26-7-11-32-12-8-26)19(15-16)25-34(28,29)17-2-4-18(5-3-17)35(30,31)27-9-13-33-14-10-27/h1-6,15,25H,7-14H2. The first-order chi connectivity index (χ1) is 16.5. The SMILES string of the molecule is O=S(=O)(Nc1cc(C(F)(F)F)ccc1N1CCOCC1)c1ccc(S(=O)(=O)N2CCOCC2)cc1. The Labute approximate surface area is 201 Å². The summed E-state index contributed by atoms with van der Waals surface area (Å²) in [5, 5.41) is 0. The van der Waals surface area contributed by atoms with E-state index in [4.69, 9.17) is 9.47 Å². The lowest BCUT2D eigenvalue weighted by molar-refractivity contribution is -0.137. The highest BCUT2D eigenvalue weighted by Crippen LogP contribution is 2.36. The number of sulfonamides is 2. The van der Waals surface area contributed by atoms with E-state index in [-0.39, 0.29) is 47.5 Å². The molecule has 0 unspecified atom stereocenters. The number of anilines is 2. The van der Waals surface area contributed by atoms with Crippen molar-refractivity contribution in [3.8, 4) is 0 Å². The first-order valence-corrected chi connectivity index (χ1v) is 13.7. The van der Waals surface area contributed by atoms with Crippen LogP contribution in [0.4, 0.5) is 24.5 Å². The van der Waals surface area contributed by atoms with Gasteiger partial charge < -0.3 is 14.4 Å². The van der Waals surface area contributed by atoms with Crippen LogP contribution >= 0.6 is 0 Å². The summed E-state index contributed by atoms with van der Waals surface area (Å²) in [5.41, 5.74) is -0.942. The van der Waals surface area contributed by atoms with Gasteiger partial charge in [0.2, 0.25) is 10.0 Å². The fourth-order valence-corrected chi connectivity index (χ4v) is 6.28. The Morgan fingerprint density at radius 1 is 0.771 bits per heavy atom. The largest absolute Gasteiger partial charge is 0.416 e. The van der Waals surface area contributed by atoms with Crippen LogP contribution in [-0.2, 0) is 35.7 Å². The number of nitrogens with zero attached hydrogens (tertiary/aromatic N) is 2. The number of alkyl halides is 3. The molecular weight excluding hydrogens is 511 g/mol. The topological polar surface area (TPSA) is 105 Å². The first kappa shape index (κ1) is 25.7. The van der Waals surface area contributed by atoms with Crippen LogP contribution in [0.3, 0.4) is 0 Å². The summed E-state index contributed by atoms with van der Waals surface area (Å²) in [5.74, 6) is 0. The van der Waals surface area contributed by atoms with E-state index in [1.807, 2.05) is 0 Å². The molecule has 0 saturated carbocycles. The maximum absolute atomic E-state index is 13.3. The number of hydrogen-bond donors (Lipinski definition) is 1. The summed E-state index contributed by atoms with van der Waals surface area (Å²) in [7, 11) is -8.16. The fourth-order valence-electron chi connectivity index (χ4n) is 3.80. The molecule has 0 aliphatic carbocycles. The van der Waals surface area contributed by atoms with Gasteiger partial charge in [0.05, 0.1) is 53.2 Å². The van der Waals surface area contributed by atoms with Crippen molar-refractivity contribution in [2.45, 2.75) is 16.0 Å². The molecule has 0 bridgehead atoms. The molecule has 0 radical (unpaired) electrons. The third-order valence-electron chi connectivity index (χ3n) is 5.66. The Hall–Kier alpha value is -2.39. The summed E-state index contributed by atoms with van der Waals surface area (Å²) < 4.78 is 106. The maximum atomic E-state index is 13.3. The van der Waals surface area contributed by atoms with Gasteiger partial charge >= 0.3 is 6.18 Å². The number of benzene rings is 2. The van der Waals surface area contributed by atoms with Crippen LogP contribution in [0.1, 0.15) is 5.56 Å². The number of halogens is 3. The monoisotopic (exact) mass is 535 g/mol.